The van der Waals surface area contributed by atoms with Gasteiger partial charge >= 0.3 is 5.69 Å². The van der Waals surface area contributed by atoms with E-state index in [1.54, 1.807) is 24.3 Å². The van der Waals surface area contributed by atoms with Crippen LogP contribution in [0.15, 0.2) is 48.5 Å². The van der Waals surface area contributed by atoms with Crippen LogP contribution in [-0.2, 0) is 0 Å². The Bertz CT molecular complexity index is 642. The van der Waals surface area contributed by atoms with Crippen molar-refractivity contribution in [3.05, 3.63) is 58.6 Å². The van der Waals surface area contributed by atoms with E-state index in [9.17, 15) is 10.1 Å². The summed E-state index contributed by atoms with van der Waals surface area (Å²) < 4.78 is 10.1. The Morgan fingerprint density at radius 1 is 0.958 bits per heavy atom. The van der Waals surface area contributed by atoms with Gasteiger partial charge in [0.15, 0.2) is 5.75 Å². The van der Waals surface area contributed by atoms with Gasteiger partial charge in [0.2, 0.25) is 0 Å². The third kappa shape index (κ3) is 6.51. The Balaban J connectivity index is 0.000000449. The number of hydrogen-bond acceptors (Lipinski definition) is 7. The molecule has 2 aromatic rings. The van der Waals surface area contributed by atoms with Gasteiger partial charge in [-0.15, -0.1) is 0 Å². The molecule has 0 radical (unpaired) electrons. The number of nitro groups is 1. The Kier molecular flexibility index (Phi) is 8.65. The highest BCUT2D eigenvalue weighted by Gasteiger charge is 2.12. The maximum absolute atomic E-state index is 10.4. The van der Waals surface area contributed by atoms with E-state index in [1.165, 1.54) is 12.1 Å². The number of para-hydroxylation sites is 4. The zero-order valence-corrected chi connectivity index (χ0v) is 13.0. The molecule has 0 saturated heterocycles. The van der Waals surface area contributed by atoms with Crippen LogP contribution in [0, 0.1) is 10.1 Å². The fourth-order valence-corrected chi connectivity index (χ4v) is 1.65. The third-order valence-electron chi connectivity index (χ3n) is 2.68. The van der Waals surface area contributed by atoms with Crippen molar-refractivity contribution in [2.24, 2.45) is 0 Å². The average molecular weight is 338 g/mol. The smallest absolute Gasteiger partial charge is 0.310 e. The lowest BCUT2D eigenvalue weighted by molar-refractivity contribution is -0.385. The molecule has 0 spiro atoms. The topological polar surface area (TPSA) is 128 Å². The van der Waals surface area contributed by atoms with Gasteiger partial charge in [0, 0.05) is 7.49 Å². The second-order valence-corrected chi connectivity index (χ2v) is 4.41. The lowest BCUT2D eigenvalue weighted by atomic mass is 10.3. The molecule has 0 saturated carbocycles. The van der Waals surface area contributed by atoms with Crippen molar-refractivity contribution in [1.82, 2.24) is 0 Å². The first-order chi connectivity index (χ1) is 11.6. The normalized spacial score (nSPS) is 9.58. The van der Waals surface area contributed by atoms with Gasteiger partial charge in [-0.1, -0.05) is 24.3 Å². The summed E-state index contributed by atoms with van der Waals surface area (Å²) in [5, 5.41) is 27.4. The van der Waals surface area contributed by atoms with E-state index in [2.05, 4.69) is 0 Å². The molecule has 2 rings (SSSR count). The Labute approximate surface area is 140 Å². The van der Waals surface area contributed by atoms with E-state index < -0.39 is 4.92 Å². The number of benzene rings is 2. The molecule has 0 aliphatic rings. The maximum Gasteiger partial charge on any atom is 0.310 e. The number of nitrogens with two attached hydrogens (primary N) is 1. The fraction of sp³-hybridized carbons (Fsp3) is 0.250. The largest absolute Gasteiger partial charge is 0.489 e. The third-order valence-corrected chi connectivity index (χ3v) is 2.68. The molecule has 0 atom stereocenters. The number of anilines is 1. The van der Waals surface area contributed by atoms with E-state index in [0.717, 1.165) is 0 Å². The summed E-state index contributed by atoms with van der Waals surface area (Å²) in [5.74, 6) is 0.808. The summed E-state index contributed by atoms with van der Waals surface area (Å²) in [7, 11) is 0. The zero-order valence-electron chi connectivity index (χ0n) is 13.0. The van der Waals surface area contributed by atoms with Crippen LogP contribution in [0.2, 0.25) is 0 Å². The summed E-state index contributed by atoms with van der Waals surface area (Å²) in [6.45, 7) is 0.194. The van der Waals surface area contributed by atoms with Crippen LogP contribution in [0.25, 0.3) is 0 Å². The van der Waals surface area contributed by atoms with Crippen LogP contribution in [0.1, 0.15) is 1.43 Å². The minimum atomic E-state index is -0.521. The molecule has 0 aromatic heterocycles. The average Bonchev–Trinajstić information content (AvgIpc) is 2.60. The van der Waals surface area contributed by atoms with Crippen molar-refractivity contribution in [3.63, 3.8) is 0 Å². The lowest BCUT2D eigenvalue weighted by Crippen LogP contribution is -2.03. The lowest BCUT2D eigenvalue weighted by Gasteiger charge is -2.05. The molecule has 0 heterocycles. The highest BCUT2D eigenvalue weighted by atomic mass is 16.6. The molecule has 0 unspecified atom stereocenters. The molecule has 8 heteroatoms. The van der Waals surface area contributed by atoms with E-state index in [-0.39, 0.29) is 39.3 Å². The predicted octanol–water partition coefficient (Wildman–Crippen LogP) is 1.85. The van der Waals surface area contributed by atoms with Crippen LogP contribution < -0.4 is 15.2 Å². The quantitative estimate of drug-likeness (QED) is 0.399. The van der Waals surface area contributed by atoms with Crippen molar-refractivity contribution < 1.29 is 26.0 Å². The molecule has 4 N–H and O–H groups in total. The van der Waals surface area contributed by atoms with Crippen molar-refractivity contribution >= 4 is 11.4 Å². The van der Waals surface area contributed by atoms with Gasteiger partial charge in [0.25, 0.3) is 0 Å². The molecule has 0 aliphatic carbocycles. The summed E-state index contributed by atoms with van der Waals surface area (Å²) in [5.41, 5.74) is 6.07. The standard InChI is InChI=1S/C8H9NO4.C8H11NO2.H2/c10-5-6-13-8-4-2-1-3-7(8)9(11)12;9-7-3-1-2-4-8(7)11-6-5-10;/h1-4,10H,5-6H2;1-4,10H,5-6,9H2;1H. The SMILES string of the molecule is Nc1ccccc1OCCO.O=[N+]([O-])c1ccccc1OCCO.[HH]. The Morgan fingerprint density at radius 2 is 1.46 bits per heavy atom. The van der Waals surface area contributed by atoms with Gasteiger partial charge in [-0.05, 0) is 18.2 Å². The minimum absolute atomic E-state index is 0. The van der Waals surface area contributed by atoms with E-state index in [0.29, 0.717) is 11.4 Å². The molecule has 8 nitrogen and oxygen atoms in total. The fourth-order valence-electron chi connectivity index (χ4n) is 1.65. The molecule has 0 bridgehead atoms. The number of nitro benzene ring substituents is 1. The Morgan fingerprint density at radius 3 is 2.00 bits per heavy atom. The van der Waals surface area contributed by atoms with Crippen LogP contribution in [-0.4, -0.2) is 41.6 Å². The number of ether oxygens (including phenoxy) is 2. The first kappa shape index (κ1) is 19.2. The number of rotatable bonds is 7. The van der Waals surface area contributed by atoms with Gasteiger partial charge in [-0.2, -0.15) is 0 Å². The van der Waals surface area contributed by atoms with Gasteiger partial charge < -0.3 is 25.4 Å². The van der Waals surface area contributed by atoms with E-state index in [4.69, 9.17) is 25.4 Å². The number of nitrogen functional groups attached to an aromatic ring is 1. The maximum atomic E-state index is 10.4. The van der Waals surface area contributed by atoms with Crippen molar-refractivity contribution in [3.8, 4) is 11.5 Å². The van der Waals surface area contributed by atoms with E-state index >= 15 is 0 Å². The number of hydrogen-bond donors (Lipinski definition) is 3. The molecule has 0 aliphatic heterocycles. The molecule has 2 aromatic carbocycles. The predicted molar refractivity (Wildman–Crippen MR) is 91.2 cm³/mol. The van der Waals surface area contributed by atoms with Gasteiger partial charge in [-0.3, -0.25) is 10.1 Å². The van der Waals surface area contributed by atoms with Gasteiger partial charge in [-0.25, -0.2) is 0 Å². The second kappa shape index (κ2) is 10.8. The van der Waals surface area contributed by atoms with Crippen molar-refractivity contribution in [1.29, 1.82) is 0 Å². The molecule has 0 fully saturated rings. The van der Waals surface area contributed by atoms with Crippen molar-refractivity contribution in [2.75, 3.05) is 32.2 Å². The number of nitrogens with zero attached hydrogens (tertiary/aromatic N) is 1. The first-order valence-corrected chi connectivity index (χ1v) is 7.15. The first-order valence-electron chi connectivity index (χ1n) is 7.15. The van der Waals surface area contributed by atoms with Crippen molar-refractivity contribution in [2.45, 2.75) is 0 Å². The molecule has 24 heavy (non-hydrogen) atoms. The minimum Gasteiger partial charge on any atom is -0.489 e. The molecular formula is C16H22N2O6. The monoisotopic (exact) mass is 338 g/mol. The highest BCUT2D eigenvalue weighted by molar-refractivity contribution is 5.51. The van der Waals surface area contributed by atoms with Crippen LogP contribution >= 0.6 is 0 Å². The summed E-state index contributed by atoms with van der Waals surface area (Å²) in [4.78, 5) is 9.93. The molecular weight excluding hydrogens is 316 g/mol. The summed E-state index contributed by atoms with van der Waals surface area (Å²) in [6, 6.07) is 13.2. The number of aliphatic hydroxyl groups excluding tert-OH is 2. The van der Waals surface area contributed by atoms with Crippen LogP contribution in [0.4, 0.5) is 11.4 Å². The summed E-state index contributed by atoms with van der Waals surface area (Å²) >= 11 is 0. The molecule has 0 amide bonds. The zero-order chi connectivity index (χ0) is 17.8. The Hall–Kier alpha value is -2.84. The van der Waals surface area contributed by atoms with Crippen LogP contribution in [0.5, 0.6) is 11.5 Å². The molecule has 132 valence electrons. The van der Waals surface area contributed by atoms with Gasteiger partial charge in [0.05, 0.1) is 23.8 Å². The van der Waals surface area contributed by atoms with Gasteiger partial charge in [0.1, 0.15) is 19.0 Å². The highest BCUT2D eigenvalue weighted by Crippen LogP contribution is 2.25. The summed E-state index contributed by atoms with van der Waals surface area (Å²) in [6.07, 6.45) is 0. The second-order valence-electron chi connectivity index (χ2n) is 4.41. The number of aliphatic hydroxyl groups is 2. The van der Waals surface area contributed by atoms with Crippen LogP contribution in [0.3, 0.4) is 0 Å². The van der Waals surface area contributed by atoms with E-state index in [1.807, 2.05) is 12.1 Å².